The van der Waals surface area contributed by atoms with E-state index in [4.69, 9.17) is 0 Å². The van der Waals surface area contributed by atoms with Crippen molar-refractivity contribution in [2.75, 3.05) is 31.5 Å². The van der Waals surface area contributed by atoms with Gasteiger partial charge >= 0.3 is 10.2 Å². The Morgan fingerprint density at radius 1 is 0.895 bits per heavy atom. The molecule has 38 heavy (non-hydrogen) atoms. The van der Waals surface area contributed by atoms with Gasteiger partial charge in [-0.2, -0.15) is 12.7 Å². The zero-order chi connectivity index (χ0) is 27.1. The number of hydrogen-bond donors (Lipinski definition) is 1. The first-order chi connectivity index (χ1) is 18.2. The fourth-order valence-corrected chi connectivity index (χ4v) is 5.67. The molecule has 0 radical (unpaired) electrons. The van der Waals surface area contributed by atoms with E-state index >= 15 is 0 Å². The Hall–Kier alpha value is -3.27. The first-order valence-electron chi connectivity index (χ1n) is 12.9. The van der Waals surface area contributed by atoms with E-state index in [9.17, 15) is 17.6 Å². The Labute approximate surface area is 225 Å². The number of piperidine rings is 1. The second kappa shape index (κ2) is 12.5. The lowest BCUT2D eigenvalue weighted by atomic mass is 10.1. The van der Waals surface area contributed by atoms with Crippen LogP contribution < -0.4 is 9.62 Å². The molecule has 1 heterocycles. The second-order valence-corrected chi connectivity index (χ2v) is 11.9. The molecule has 1 saturated heterocycles. The molecule has 0 aromatic heterocycles. The summed E-state index contributed by atoms with van der Waals surface area (Å²) in [6.07, 6.45) is 3.81. The Balaban J connectivity index is 1.40. The maximum Gasteiger partial charge on any atom is 0.303 e. The van der Waals surface area contributed by atoms with Gasteiger partial charge < -0.3 is 5.32 Å². The zero-order valence-corrected chi connectivity index (χ0v) is 22.8. The molecule has 3 aromatic rings. The fourth-order valence-electron chi connectivity index (χ4n) is 4.57. The van der Waals surface area contributed by atoms with Gasteiger partial charge in [0.05, 0.1) is 12.2 Å². The minimum Gasteiger partial charge on any atom is -0.348 e. The van der Waals surface area contributed by atoms with Gasteiger partial charge in [0.2, 0.25) is 0 Å². The van der Waals surface area contributed by atoms with Crippen molar-refractivity contribution in [3.63, 3.8) is 0 Å². The Kier molecular flexibility index (Phi) is 9.14. The van der Waals surface area contributed by atoms with Gasteiger partial charge in [-0.05, 0) is 66.9 Å². The van der Waals surface area contributed by atoms with Crippen molar-refractivity contribution in [1.29, 1.82) is 0 Å². The van der Waals surface area contributed by atoms with Gasteiger partial charge in [-0.3, -0.25) is 14.0 Å². The number of anilines is 1. The summed E-state index contributed by atoms with van der Waals surface area (Å²) >= 11 is 0. The molecular formula is C29H35FN4O3S. The fraction of sp³-hybridized carbons (Fsp3) is 0.345. The normalized spacial score (nSPS) is 14.4. The van der Waals surface area contributed by atoms with E-state index in [1.165, 1.54) is 57.1 Å². The largest absolute Gasteiger partial charge is 0.348 e. The van der Waals surface area contributed by atoms with Crippen molar-refractivity contribution in [2.24, 2.45) is 0 Å². The Bertz CT molecular complexity index is 1340. The monoisotopic (exact) mass is 538 g/mol. The predicted molar refractivity (Wildman–Crippen MR) is 148 cm³/mol. The summed E-state index contributed by atoms with van der Waals surface area (Å²) in [6.45, 7) is 3.53. The highest BCUT2D eigenvalue weighted by Gasteiger charge is 2.27. The second-order valence-electron chi connectivity index (χ2n) is 9.78. The third-order valence-corrected chi connectivity index (χ3v) is 8.51. The number of carbonyl (C=O) groups excluding carboxylic acids is 1. The first kappa shape index (κ1) is 27.8. The quantitative estimate of drug-likeness (QED) is 0.411. The van der Waals surface area contributed by atoms with Gasteiger partial charge in [0, 0.05) is 32.7 Å². The van der Waals surface area contributed by atoms with Crippen molar-refractivity contribution < 1.29 is 17.6 Å². The number of halogens is 1. The molecule has 0 aliphatic carbocycles. The number of para-hydroxylation sites is 1. The van der Waals surface area contributed by atoms with Crippen LogP contribution in [-0.4, -0.2) is 50.7 Å². The molecule has 1 amide bonds. The highest BCUT2D eigenvalue weighted by molar-refractivity contribution is 7.90. The number of rotatable bonds is 10. The van der Waals surface area contributed by atoms with Crippen LogP contribution in [0.25, 0.3) is 0 Å². The van der Waals surface area contributed by atoms with Crippen LogP contribution in [0.5, 0.6) is 0 Å². The van der Waals surface area contributed by atoms with E-state index in [1.54, 1.807) is 30.3 Å². The van der Waals surface area contributed by atoms with E-state index in [2.05, 4.69) is 22.3 Å². The third kappa shape index (κ3) is 6.98. The molecule has 0 spiro atoms. The van der Waals surface area contributed by atoms with E-state index in [-0.39, 0.29) is 18.1 Å². The summed E-state index contributed by atoms with van der Waals surface area (Å²) in [5.41, 5.74) is 3.34. The SMILES string of the molecule is CN(C)S(=O)(=O)N(Cc1ccc(C(=O)NCc2cccc(CN3CCCCC3)c2)cc1)c1ccccc1F. The van der Waals surface area contributed by atoms with Crippen LogP contribution in [0, 0.1) is 5.82 Å². The van der Waals surface area contributed by atoms with E-state index in [0.717, 1.165) is 33.8 Å². The van der Waals surface area contributed by atoms with Crippen LogP contribution in [-0.2, 0) is 29.8 Å². The van der Waals surface area contributed by atoms with Gasteiger partial charge in [-0.25, -0.2) is 4.39 Å². The minimum atomic E-state index is -3.95. The predicted octanol–water partition coefficient (Wildman–Crippen LogP) is 4.55. The van der Waals surface area contributed by atoms with Crippen molar-refractivity contribution in [1.82, 2.24) is 14.5 Å². The number of nitrogens with zero attached hydrogens (tertiary/aromatic N) is 3. The molecule has 3 aromatic carbocycles. The number of carbonyl (C=O) groups is 1. The Morgan fingerprint density at radius 3 is 2.26 bits per heavy atom. The van der Waals surface area contributed by atoms with E-state index in [0.29, 0.717) is 17.7 Å². The highest BCUT2D eigenvalue weighted by atomic mass is 32.2. The van der Waals surface area contributed by atoms with Crippen LogP contribution >= 0.6 is 0 Å². The van der Waals surface area contributed by atoms with Crippen LogP contribution in [0.3, 0.4) is 0 Å². The molecule has 9 heteroatoms. The summed E-state index contributed by atoms with van der Waals surface area (Å²) in [6, 6.07) is 20.7. The molecule has 202 valence electrons. The average molecular weight is 539 g/mol. The van der Waals surface area contributed by atoms with Crippen molar-refractivity contribution >= 4 is 21.8 Å². The van der Waals surface area contributed by atoms with Crippen LogP contribution in [0.15, 0.2) is 72.8 Å². The molecule has 0 bridgehead atoms. The number of nitrogens with one attached hydrogen (secondary N) is 1. The summed E-state index contributed by atoms with van der Waals surface area (Å²) in [7, 11) is -1.14. The molecule has 0 unspecified atom stereocenters. The lowest BCUT2D eigenvalue weighted by Crippen LogP contribution is -2.40. The Morgan fingerprint density at radius 2 is 1.58 bits per heavy atom. The lowest BCUT2D eigenvalue weighted by molar-refractivity contribution is 0.0951. The van der Waals surface area contributed by atoms with Gasteiger partial charge in [-0.15, -0.1) is 0 Å². The maximum atomic E-state index is 14.5. The van der Waals surface area contributed by atoms with Gasteiger partial charge in [0.1, 0.15) is 5.82 Å². The van der Waals surface area contributed by atoms with Gasteiger partial charge in [0.15, 0.2) is 0 Å². The summed E-state index contributed by atoms with van der Waals surface area (Å²) < 4.78 is 42.4. The van der Waals surface area contributed by atoms with Crippen LogP contribution in [0.4, 0.5) is 10.1 Å². The van der Waals surface area contributed by atoms with Crippen LogP contribution in [0.1, 0.15) is 46.3 Å². The lowest BCUT2D eigenvalue weighted by Gasteiger charge is -2.27. The molecule has 1 fully saturated rings. The third-order valence-electron chi connectivity index (χ3n) is 6.70. The molecule has 0 atom stereocenters. The molecule has 0 saturated carbocycles. The molecule has 4 rings (SSSR count). The summed E-state index contributed by atoms with van der Waals surface area (Å²) in [5.74, 6) is -0.848. The topological polar surface area (TPSA) is 73.0 Å². The average Bonchev–Trinajstić information content (AvgIpc) is 2.92. The highest BCUT2D eigenvalue weighted by Crippen LogP contribution is 2.25. The molecule has 1 aliphatic rings. The minimum absolute atomic E-state index is 0.0365. The molecule has 1 aliphatic heterocycles. The maximum absolute atomic E-state index is 14.5. The number of amides is 1. The van der Waals surface area contributed by atoms with E-state index < -0.39 is 16.0 Å². The summed E-state index contributed by atoms with van der Waals surface area (Å²) in [5, 5.41) is 2.96. The van der Waals surface area contributed by atoms with Crippen LogP contribution in [0.2, 0.25) is 0 Å². The molecular weight excluding hydrogens is 503 g/mol. The van der Waals surface area contributed by atoms with Gasteiger partial charge in [0.25, 0.3) is 5.91 Å². The number of benzene rings is 3. The first-order valence-corrected chi connectivity index (χ1v) is 14.3. The van der Waals surface area contributed by atoms with Crippen molar-refractivity contribution in [3.05, 3.63) is 101 Å². The summed E-state index contributed by atoms with van der Waals surface area (Å²) in [4.78, 5) is 15.3. The number of likely N-dealkylation sites (tertiary alicyclic amines) is 1. The molecule has 7 nitrogen and oxygen atoms in total. The van der Waals surface area contributed by atoms with Crippen molar-refractivity contribution in [2.45, 2.75) is 38.9 Å². The standard InChI is InChI=1S/C29H35FN4O3S/c1-32(2)38(36,37)34(28-12-5-4-11-27(28)30)22-23-13-15-26(16-14-23)29(35)31-20-24-9-8-10-25(19-24)21-33-17-6-3-7-18-33/h4-5,8-16,19H,3,6-7,17-18,20-22H2,1-2H3,(H,31,35). The van der Waals surface area contributed by atoms with Gasteiger partial charge in [-0.1, -0.05) is 55.0 Å². The van der Waals surface area contributed by atoms with Crippen molar-refractivity contribution in [3.8, 4) is 0 Å². The van der Waals surface area contributed by atoms with E-state index in [1.807, 2.05) is 12.1 Å². The number of hydrogen-bond acceptors (Lipinski definition) is 4. The molecule has 1 N–H and O–H groups in total. The smallest absolute Gasteiger partial charge is 0.303 e. The zero-order valence-electron chi connectivity index (χ0n) is 21.9.